The predicted octanol–water partition coefficient (Wildman–Crippen LogP) is 2.45. The number of esters is 1. The Morgan fingerprint density at radius 2 is 2.14 bits per heavy atom. The highest BCUT2D eigenvalue weighted by Gasteiger charge is 2.39. The number of nitrogens with zero attached hydrogens (tertiary/aromatic N) is 4. The third kappa shape index (κ3) is 4.36. The van der Waals surface area contributed by atoms with Crippen LogP contribution in [0, 0.1) is 0 Å². The van der Waals surface area contributed by atoms with Crippen molar-refractivity contribution < 1.29 is 14.3 Å². The number of carbonyl (C=O) groups excluding carboxylic acids is 2. The molecule has 1 aromatic heterocycles. The molecule has 1 saturated heterocycles. The van der Waals surface area contributed by atoms with E-state index < -0.39 is 5.97 Å². The third-order valence-corrected chi connectivity index (χ3v) is 5.62. The summed E-state index contributed by atoms with van der Waals surface area (Å²) >= 11 is 1.63. The topological polar surface area (TPSA) is 89.4 Å². The smallest absolute Gasteiger partial charge is 0.360 e. The Morgan fingerprint density at radius 1 is 1.36 bits per heavy atom. The molecule has 28 heavy (non-hydrogen) atoms. The van der Waals surface area contributed by atoms with E-state index in [9.17, 15) is 9.59 Å². The minimum absolute atomic E-state index is 0.0391. The molecule has 0 bridgehead atoms. The van der Waals surface area contributed by atoms with Crippen molar-refractivity contribution in [1.29, 1.82) is 0 Å². The van der Waals surface area contributed by atoms with E-state index in [1.54, 1.807) is 22.6 Å². The molecule has 1 N–H and O–H groups in total. The van der Waals surface area contributed by atoms with E-state index in [4.69, 9.17) is 0 Å². The van der Waals surface area contributed by atoms with Crippen molar-refractivity contribution in [2.75, 3.05) is 25.2 Å². The zero-order valence-corrected chi connectivity index (χ0v) is 17.3. The van der Waals surface area contributed by atoms with Crippen molar-refractivity contribution in [3.63, 3.8) is 0 Å². The predicted molar refractivity (Wildman–Crippen MR) is 107 cm³/mol. The van der Waals surface area contributed by atoms with Gasteiger partial charge in [-0.15, -0.1) is 16.9 Å². The van der Waals surface area contributed by atoms with Gasteiger partial charge in [-0.2, -0.15) is 0 Å². The molecule has 0 saturated carbocycles. The summed E-state index contributed by atoms with van der Waals surface area (Å²) in [4.78, 5) is 27.9. The molecule has 1 aromatic carbocycles. The van der Waals surface area contributed by atoms with Crippen molar-refractivity contribution in [1.82, 2.24) is 19.9 Å². The molecule has 2 heterocycles. The second-order valence-corrected chi connectivity index (χ2v) is 7.87. The summed E-state index contributed by atoms with van der Waals surface area (Å²) in [7, 11) is 1.31. The highest BCUT2D eigenvalue weighted by molar-refractivity contribution is 7.98. The Labute approximate surface area is 168 Å². The van der Waals surface area contributed by atoms with Gasteiger partial charge in [-0.05, 0) is 44.7 Å². The number of aromatic nitrogens is 3. The van der Waals surface area contributed by atoms with Crippen molar-refractivity contribution in [3.8, 4) is 0 Å². The molecule has 9 heteroatoms. The minimum Gasteiger partial charge on any atom is -0.464 e. The summed E-state index contributed by atoms with van der Waals surface area (Å²) in [5, 5.41) is 11.0. The number of benzene rings is 1. The van der Waals surface area contributed by atoms with Gasteiger partial charge < -0.3 is 10.1 Å². The molecule has 0 aliphatic carbocycles. The molecule has 1 aliphatic rings. The fraction of sp³-hybridized carbons (Fsp3) is 0.474. The lowest BCUT2D eigenvalue weighted by Crippen LogP contribution is -2.43. The number of anilines is 1. The van der Waals surface area contributed by atoms with Gasteiger partial charge in [0, 0.05) is 23.2 Å². The fourth-order valence-electron chi connectivity index (χ4n) is 3.44. The van der Waals surface area contributed by atoms with E-state index in [1.807, 2.05) is 30.5 Å². The van der Waals surface area contributed by atoms with Crippen LogP contribution in [0.5, 0.6) is 0 Å². The normalized spacial score (nSPS) is 19.8. The quantitative estimate of drug-likeness (QED) is 0.585. The van der Waals surface area contributed by atoms with E-state index in [-0.39, 0.29) is 29.7 Å². The largest absolute Gasteiger partial charge is 0.464 e. The molecule has 8 nitrogen and oxygen atoms in total. The first kappa shape index (κ1) is 20.3. The van der Waals surface area contributed by atoms with E-state index in [0.29, 0.717) is 13.0 Å². The lowest BCUT2D eigenvalue weighted by molar-refractivity contribution is -0.120. The number of methoxy groups -OCH3 is 1. The zero-order valence-electron chi connectivity index (χ0n) is 16.5. The number of carbonyl (C=O) groups is 2. The van der Waals surface area contributed by atoms with Crippen molar-refractivity contribution in [3.05, 3.63) is 36.2 Å². The van der Waals surface area contributed by atoms with Gasteiger partial charge in [-0.25, -0.2) is 9.48 Å². The van der Waals surface area contributed by atoms with Crippen LogP contribution >= 0.6 is 11.8 Å². The maximum Gasteiger partial charge on any atom is 0.360 e. The molecule has 2 atom stereocenters. The van der Waals surface area contributed by atoms with Gasteiger partial charge in [0.15, 0.2) is 5.69 Å². The SMILES string of the molecule is COC(=O)c1cn([C@H]2C[C@@H](C(=O)Nc3cccc(SC)c3)N(C(C)C)C2)nn1. The summed E-state index contributed by atoms with van der Waals surface area (Å²) in [6, 6.07) is 7.68. The summed E-state index contributed by atoms with van der Waals surface area (Å²) in [5.74, 6) is -0.560. The lowest BCUT2D eigenvalue weighted by Gasteiger charge is -2.27. The van der Waals surface area contributed by atoms with Crippen LogP contribution in [0.4, 0.5) is 5.69 Å². The molecule has 0 spiro atoms. The van der Waals surface area contributed by atoms with Gasteiger partial charge in [0.1, 0.15) is 0 Å². The van der Waals surface area contributed by atoms with Crippen LogP contribution in [0.15, 0.2) is 35.4 Å². The standard InChI is InChI=1S/C19H25N5O3S/c1-12(2)23-10-14(24-11-16(21-22-24)19(26)27-3)9-17(23)18(25)20-13-6-5-7-15(8-13)28-4/h5-8,11-12,14,17H,9-10H2,1-4H3,(H,20,25)/t14-,17-/m0/s1. The number of rotatable bonds is 6. The zero-order chi connectivity index (χ0) is 20.3. The summed E-state index contributed by atoms with van der Waals surface area (Å²) in [6.45, 7) is 4.79. The Morgan fingerprint density at radius 3 is 2.82 bits per heavy atom. The maximum atomic E-state index is 13.0. The number of hydrogen-bond acceptors (Lipinski definition) is 7. The first-order valence-electron chi connectivity index (χ1n) is 9.13. The maximum absolute atomic E-state index is 13.0. The van der Waals surface area contributed by atoms with Gasteiger partial charge in [0.05, 0.1) is 25.4 Å². The Bertz CT molecular complexity index is 854. The van der Waals surface area contributed by atoms with Crippen molar-refractivity contribution >= 4 is 29.3 Å². The van der Waals surface area contributed by atoms with Crippen LogP contribution in [-0.2, 0) is 9.53 Å². The summed E-state index contributed by atoms with van der Waals surface area (Å²) in [5.41, 5.74) is 0.957. The molecule has 1 fully saturated rings. The lowest BCUT2D eigenvalue weighted by atomic mass is 10.1. The Kier molecular flexibility index (Phi) is 6.35. The van der Waals surface area contributed by atoms with Crippen LogP contribution in [-0.4, -0.2) is 63.8 Å². The fourth-order valence-corrected chi connectivity index (χ4v) is 3.90. The molecule has 2 aromatic rings. The van der Waals surface area contributed by atoms with E-state index in [2.05, 4.69) is 39.1 Å². The van der Waals surface area contributed by atoms with Crippen molar-refractivity contribution in [2.45, 2.75) is 43.3 Å². The van der Waals surface area contributed by atoms with Gasteiger partial charge in [0.2, 0.25) is 5.91 Å². The molecule has 1 aliphatic heterocycles. The minimum atomic E-state index is -0.520. The Hall–Kier alpha value is -2.39. The van der Waals surface area contributed by atoms with Crippen LogP contribution in [0.2, 0.25) is 0 Å². The third-order valence-electron chi connectivity index (χ3n) is 4.90. The van der Waals surface area contributed by atoms with E-state index in [0.717, 1.165) is 10.6 Å². The van der Waals surface area contributed by atoms with E-state index in [1.165, 1.54) is 7.11 Å². The monoisotopic (exact) mass is 403 g/mol. The average Bonchev–Trinajstić information content (AvgIpc) is 3.34. The number of nitrogens with one attached hydrogen (secondary N) is 1. The van der Waals surface area contributed by atoms with Gasteiger partial charge in [-0.3, -0.25) is 9.69 Å². The summed E-state index contributed by atoms with van der Waals surface area (Å²) in [6.07, 6.45) is 4.18. The molecule has 150 valence electrons. The highest BCUT2D eigenvalue weighted by atomic mass is 32.2. The van der Waals surface area contributed by atoms with Crippen molar-refractivity contribution in [2.24, 2.45) is 0 Å². The number of ether oxygens (including phenoxy) is 1. The number of amides is 1. The van der Waals surface area contributed by atoms with Gasteiger partial charge >= 0.3 is 5.97 Å². The van der Waals surface area contributed by atoms with Crippen LogP contribution in [0.1, 0.15) is 36.8 Å². The van der Waals surface area contributed by atoms with Gasteiger partial charge in [0.25, 0.3) is 0 Å². The molecule has 0 unspecified atom stereocenters. The van der Waals surface area contributed by atoms with Crippen LogP contribution in [0.25, 0.3) is 0 Å². The summed E-state index contributed by atoms with van der Waals surface area (Å²) < 4.78 is 6.34. The van der Waals surface area contributed by atoms with Crippen LogP contribution in [0.3, 0.4) is 0 Å². The number of hydrogen-bond donors (Lipinski definition) is 1. The second kappa shape index (κ2) is 8.74. The number of thioether (sulfide) groups is 1. The molecule has 1 amide bonds. The van der Waals surface area contributed by atoms with Gasteiger partial charge in [-0.1, -0.05) is 11.3 Å². The Balaban J connectivity index is 1.75. The first-order chi connectivity index (χ1) is 13.4. The first-order valence-corrected chi connectivity index (χ1v) is 10.4. The highest BCUT2D eigenvalue weighted by Crippen LogP contribution is 2.30. The molecule has 3 rings (SSSR count). The molecule has 0 radical (unpaired) electrons. The van der Waals surface area contributed by atoms with Crippen LogP contribution < -0.4 is 5.32 Å². The molecular formula is C19H25N5O3S. The molecular weight excluding hydrogens is 378 g/mol. The number of likely N-dealkylation sites (tertiary alicyclic amines) is 1. The average molecular weight is 404 g/mol. The second-order valence-electron chi connectivity index (χ2n) is 6.99. The van der Waals surface area contributed by atoms with E-state index >= 15 is 0 Å².